The first-order valence-electron chi connectivity index (χ1n) is 25.1. The van der Waals surface area contributed by atoms with Gasteiger partial charge in [0.15, 0.2) is 7.28 Å². The molecule has 2 heterocycles. The second-order valence-corrected chi connectivity index (χ2v) is 25.4. The molecule has 7 aromatic carbocycles. The zero-order chi connectivity index (χ0) is 47.1. The van der Waals surface area contributed by atoms with E-state index in [0.717, 1.165) is 25.8 Å². The Morgan fingerprint density at radius 2 is 1.12 bits per heavy atom. The van der Waals surface area contributed by atoms with Crippen molar-refractivity contribution in [3.05, 3.63) is 160 Å². The van der Waals surface area contributed by atoms with Gasteiger partial charge in [-0.25, -0.2) is 0 Å². The van der Waals surface area contributed by atoms with Crippen molar-refractivity contribution in [3.63, 3.8) is 0 Å². The van der Waals surface area contributed by atoms with Gasteiger partial charge in [0.05, 0.1) is 5.52 Å². The van der Waals surface area contributed by atoms with E-state index in [2.05, 4.69) is 222 Å². The Morgan fingerprint density at radius 3 is 1.78 bits per heavy atom. The lowest BCUT2D eigenvalue weighted by molar-refractivity contribution is 0.332. The van der Waals surface area contributed by atoms with Crippen molar-refractivity contribution >= 4 is 51.4 Å². The normalized spacial score (nSPS) is 17.6. The van der Waals surface area contributed by atoms with Gasteiger partial charge in [-0.05, 0) is 155 Å². The van der Waals surface area contributed by atoms with Crippen LogP contribution in [-0.4, -0.2) is 11.8 Å². The maximum absolute atomic E-state index is 4.15. The monoisotopic (exact) mass is 875 g/mol. The first-order chi connectivity index (χ1) is 31.5. The van der Waals surface area contributed by atoms with Gasteiger partial charge < -0.3 is 9.88 Å². The summed E-state index contributed by atoms with van der Waals surface area (Å²) in [4.78, 5) is 0. The van der Waals surface area contributed by atoms with Crippen LogP contribution < -0.4 is 16.2 Å². The highest BCUT2D eigenvalue weighted by Crippen LogP contribution is 2.59. The highest BCUT2D eigenvalue weighted by molar-refractivity contribution is 6.74. The number of rotatable bonds is 3. The fourth-order valence-corrected chi connectivity index (χ4v) is 13.3. The van der Waals surface area contributed by atoms with Crippen molar-refractivity contribution in [2.45, 2.75) is 142 Å². The minimum absolute atomic E-state index is 0.00286. The first kappa shape index (κ1) is 42.6. The molecule has 336 valence electrons. The van der Waals surface area contributed by atoms with Gasteiger partial charge in [-0.1, -0.05) is 175 Å². The fraction of sp³-hybridized carbons (Fsp3) is 0.344. The fourth-order valence-electron chi connectivity index (χ4n) is 13.3. The van der Waals surface area contributed by atoms with E-state index in [1.165, 1.54) is 122 Å². The van der Waals surface area contributed by atoms with Gasteiger partial charge in [-0.3, -0.25) is 0 Å². The molecule has 2 nitrogen and oxygen atoms in total. The Morgan fingerprint density at radius 1 is 0.522 bits per heavy atom. The highest BCUT2D eigenvalue weighted by Gasteiger charge is 2.45. The molecule has 0 fully saturated rings. The maximum atomic E-state index is 4.15. The van der Waals surface area contributed by atoms with Gasteiger partial charge in [0.25, 0.3) is 0 Å². The summed E-state index contributed by atoms with van der Waals surface area (Å²) in [6, 6.07) is 45.6. The van der Waals surface area contributed by atoms with Crippen molar-refractivity contribution in [1.29, 1.82) is 0 Å². The largest absolute Gasteiger partial charge is 0.355 e. The molecule has 3 aliphatic carbocycles. The van der Waals surface area contributed by atoms with E-state index < -0.39 is 0 Å². The average molecular weight is 875 g/mol. The van der Waals surface area contributed by atoms with Crippen molar-refractivity contribution in [1.82, 2.24) is 4.57 Å². The van der Waals surface area contributed by atoms with Gasteiger partial charge in [-0.2, -0.15) is 0 Å². The number of fused-ring (bicyclic) bond motifs is 13. The van der Waals surface area contributed by atoms with Crippen LogP contribution >= 0.6 is 0 Å². The van der Waals surface area contributed by atoms with E-state index in [1.54, 1.807) is 0 Å². The molecule has 0 radical (unpaired) electrons. The van der Waals surface area contributed by atoms with Gasteiger partial charge in [0.1, 0.15) is 0 Å². The quantitative estimate of drug-likeness (QED) is 0.175. The predicted octanol–water partition coefficient (Wildman–Crippen LogP) is 15.5. The molecule has 1 N–H and O–H groups in total. The smallest absolute Gasteiger partial charge is 0.198 e. The van der Waals surface area contributed by atoms with Crippen molar-refractivity contribution in [2.75, 3.05) is 5.32 Å². The molecule has 0 bridgehead atoms. The number of nitrogens with one attached hydrogen (secondary N) is 1. The summed E-state index contributed by atoms with van der Waals surface area (Å²) >= 11 is 0. The highest BCUT2D eigenvalue weighted by atomic mass is 15.0. The summed E-state index contributed by atoms with van der Waals surface area (Å²) in [5.41, 5.74) is 28.6. The van der Waals surface area contributed by atoms with Gasteiger partial charge in [0, 0.05) is 49.7 Å². The van der Waals surface area contributed by atoms with E-state index in [-0.39, 0.29) is 32.5 Å². The lowest BCUT2D eigenvalue weighted by Gasteiger charge is -2.42. The second kappa shape index (κ2) is 13.5. The third kappa shape index (κ3) is 5.88. The molecule has 0 amide bonds. The number of hydrogen-bond donors (Lipinski definition) is 1. The number of nitrogens with zero attached hydrogens (tertiary/aromatic N) is 1. The SMILES string of the molecule is CC(C)(C)c1ccc(Nc2cc3c(cc2-c2c4c(c5c6cc(C(C)(C)C)ccc6n6c5c2Bc2cc5c(cc2-6)C(C)(C)c2ccccc2-5)C(C)(C)c2ccccc2-4)C(C)(C)CCC3(C)C)cc1. The molecule has 0 atom stereocenters. The Balaban J connectivity index is 1.26. The van der Waals surface area contributed by atoms with Crippen LogP contribution in [-0.2, 0) is 32.5 Å². The maximum Gasteiger partial charge on any atom is 0.198 e. The van der Waals surface area contributed by atoms with Crippen molar-refractivity contribution < 1.29 is 0 Å². The summed E-state index contributed by atoms with van der Waals surface area (Å²) in [7, 11) is 0.848. The molecule has 4 aliphatic rings. The van der Waals surface area contributed by atoms with Crippen molar-refractivity contribution in [2.24, 2.45) is 0 Å². The van der Waals surface area contributed by atoms with E-state index in [1.807, 2.05) is 0 Å². The van der Waals surface area contributed by atoms with Crippen LogP contribution in [0.25, 0.3) is 60.9 Å². The summed E-state index contributed by atoms with van der Waals surface area (Å²) in [5.74, 6) is 0. The Bertz CT molecular complexity index is 3460. The minimum Gasteiger partial charge on any atom is -0.355 e. The molecule has 12 rings (SSSR count). The van der Waals surface area contributed by atoms with Crippen LogP contribution in [0.5, 0.6) is 0 Å². The van der Waals surface area contributed by atoms with Crippen LogP contribution in [0, 0.1) is 0 Å². The molecule has 0 saturated carbocycles. The average Bonchev–Trinajstić information content (AvgIpc) is 3.81. The first-order valence-corrected chi connectivity index (χ1v) is 25.1. The molecule has 3 heteroatoms. The molecule has 67 heavy (non-hydrogen) atoms. The lowest BCUT2D eigenvalue weighted by Crippen LogP contribution is -2.39. The number of aromatic nitrogens is 1. The summed E-state index contributed by atoms with van der Waals surface area (Å²) in [6.45, 7) is 33.7. The lowest BCUT2D eigenvalue weighted by atomic mass is 9.56. The Kier molecular flexibility index (Phi) is 8.55. The van der Waals surface area contributed by atoms with Crippen LogP contribution in [0.4, 0.5) is 11.4 Å². The van der Waals surface area contributed by atoms with E-state index in [9.17, 15) is 0 Å². The number of benzene rings is 7. The van der Waals surface area contributed by atoms with Gasteiger partial charge >= 0.3 is 0 Å². The van der Waals surface area contributed by atoms with Gasteiger partial charge in [-0.15, -0.1) is 0 Å². The Labute approximate surface area is 400 Å². The van der Waals surface area contributed by atoms with E-state index in [4.69, 9.17) is 0 Å². The molecule has 8 aromatic rings. The molecule has 1 aliphatic heterocycles. The summed E-state index contributed by atoms with van der Waals surface area (Å²) in [5, 5.41) is 6.95. The van der Waals surface area contributed by atoms with E-state index in [0.29, 0.717) is 0 Å². The zero-order valence-corrected chi connectivity index (χ0v) is 42.5. The predicted molar refractivity (Wildman–Crippen MR) is 290 cm³/mol. The number of anilines is 2. The third-order valence-electron chi connectivity index (χ3n) is 17.3. The van der Waals surface area contributed by atoms with Crippen LogP contribution in [0.3, 0.4) is 0 Å². The summed E-state index contributed by atoms with van der Waals surface area (Å²) < 4.78 is 2.72. The van der Waals surface area contributed by atoms with Crippen LogP contribution in [0.15, 0.2) is 115 Å². The molecule has 0 spiro atoms. The van der Waals surface area contributed by atoms with Crippen LogP contribution in [0.2, 0.25) is 0 Å². The second-order valence-electron chi connectivity index (χ2n) is 25.4. The minimum atomic E-state index is -0.246. The molecular formula is C64H67BN2. The van der Waals surface area contributed by atoms with Crippen LogP contribution in [0.1, 0.15) is 154 Å². The molecule has 0 unspecified atom stereocenters. The molecule has 1 aromatic heterocycles. The summed E-state index contributed by atoms with van der Waals surface area (Å²) in [6.07, 6.45) is 2.33. The van der Waals surface area contributed by atoms with Gasteiger partial charge in [0.2, 0.25) is 0 Å². The number of hydrogen-bond acceptors (Lipinski definition) is 1. The zero-order valence-electron chi connectivity index (χ0n) is 42.5. The molecule has 0 saturated heterocycles. The third-order valence-corrected chi connectivity index (χ3v) is 17.3. The topological polar surface area (TPSA) is 17.0 Å². The molecular weight excluding hydrogens is 808 g/mol. The Hall–Kier alpha value is -5.80. The standard InChI is InChI=1S/C64H67BN2/c1-59(2,3)36-23-26-38(27-24-36)66-50-34-48-47(61(7,8)29-30-62(48,9)10)32-42(50)54-53-40-20-16-18-22-45(40)64(13,14)56(53)55-43-31-37(60(4,5)6)25-28-51(43)67-52-35-46-41(33-49(52)65-57(54)58(55)67)39-19-15-17-21-44(39)63(46,11)12/h15-28,31-35,65-66H,29-30H2,1-14H3. The van der Waals surface area contributed by atoms with E-state index >= 15 is 0 Å². The van der Waals surface area contributed by atoms with Crippen molar-refractivity contribution in [3.8, 4) is 39.1 Å².